The number of carbonyl (C=O) groups is 5. The molecule has 0 aliphatic heterocycles. The van der Waals surface area contributed by atoms with E-state index in [0.29, 0.717) is 32.2 Å². The van der Waals surface area contributed by atoms with E-state index < -0.39 is 60.2 Å². The van der Waals surface area contributed by atoms with Gasteiger partial charge in [0.25, 0.3) is 0 Å². The van der Waals surface area contributed by atoms with Crippen LogP contribution in [0.4, 0.5) is 0 Å². The predicted molar refractivity (Wildman–Crippen MR) is 141 cm³/mol. The van der Waals surface area contributed by atoms with Gasteiger partial charge < -0.3 is 49.1 Å². The lowest BCUT2D eigenvalue weighted by Gasteiger charge is -2.26. The number of guanidine groups is 1. The summed E-state index contributed by atoms with van der Waals surface area (Å²) in [6, 6.07) is -4.54. The van der Waals surface area contributed by atoms with Crippen LogP contribution in [0.2, 0.25) is 0 Å². The summed E-state index contributed by atoms with van der Waals surface area (Å²) in [5, 5.41) is 25.7. The van der Waals surface area contributed by atoms with Crippen LogP contribution in [0.25, 0.3) is 0 Å². The van der Waals surface area contributed by atoms with Gasteiger partial charge in [0.2, 0.25) is 17.7 Å². The quantitative estimate of drug-likeness (QED) is 0.0456. The molecule has 0 radical (unpaired) electrons. The van der Waals surface area contributed by atoms with Crippen LogP contribution < -0.4 is 38.9 Å². The first kappa shape index (κ1) is 34.5. The Morgan fingerprint density at radius 3 is 1.82 bits per heavy atom. The Morgan fingerprint density at radius 1 is 0.816 bits per heavy atom. The minimum Gasteiger partial charge on any atom is -0.481 e. The number of carbonyl (C=O) groups excluding carboxylic acids is 3. The molecule has 3 amide bonds. The molecule has 0 unspecified atom stereocenters. The smallest absolute Gasteiger partial charge is 0.326 e. The first-order valence-corrected chi connectivity index (χ1v) is 12.7. The van der Waals surface area contributed by atoms with Crippen molar-refractivity contribution in [3.63, 3.8) is 0 Å². The highest BCUT2D eigenvalue weighted by atomic mass is 16.4. The summed E-state index contributed by atoms with van der Waals surface area (Å²) >= 11 is 0. The van der Waals surface area contributed by atoms with E-state index in [-0.39, 0.29) is 37.7 Å². The SMILES string of the molecule is CC[C@H](C)[C@H](N)C(=O)N[C@@H](CCCN=C(N)N)C(=O)N[C@@H](CCCCN)C(=O)N[C@@H](CCC(=O)O)C(=O)O. The first-order chi connectivity index (χ1) is 17.8. The standard InChI is InChI=1S/C23H44N8O7/c1-3-13(2)18(25)21(36)30-15(8-6-12-28-23(26)27)19(34)29-14(7-4-5-11-24)20(35)31-16(22(37)38)9-10-17(32)33/h13-16,18H,3-12,24-25H2,1-2H3,(H,29,34)(H,30,36)(H,31,35)(H,32,33)(H,37,38)(H4,26,27,28)/t13-,14-,15-,16-,18-/m0/s1. The summed E-state index contributed by atoms with van der Waals surface area (Å²) in [6.07, 6.45) is 1.43. The van der Waals surface area contributed by atoms with Crippen molar-refractivity contribution in [2.45, 2.75) is 89.4 Å². The van der Waals surface area contributed by atoms with Crippen molar-refractivity contribution in [1.82, 2.24) is 16.0 Å². The van der Waals surface area contributed by atoms with E-state index in [1.165, 1.54) is 0 Å². The monoisotopic (exact) mass is 544 g/mol. The van der Waals surface area contributed by atoms with Crippen molar-refractivity contribution in [3.05, 3.63) is 0 Å². The van der Waals surface area contributed by atoms with Gasteiger partial charge in [-0.2, -0.15) is 0 Å². The molecule has 0 aliphatic rings. The molecule has 0 rings (SSSR count). The Bertz CT molecular complexity index is 820. The Morgan fingerprint density at radius 2 is 1.34 bits per heavy atom. The molecule has 15 heteroatoms. The van der Waals surface area contributed by atoms with Gasteiger partial charge in [-0.05, 0) is 51.0 Å². The predicted octanol–water partition coefficient (Wildman–Crippen LogP) is -2.05. The molecule has 5 atom stereocenters. The van der Waals surface area contributed by atoms with E-state index in [9.17, 15) is 29.1 Å². The van der Waals surface area contributed by atoms with Gasteiger partial charge in [0.05, 0.1) is 6.04 Å². The van der Waals surface area contributed by atoms with E-state index >= 15 is 0 Å². The number of aliphatic carboxylic acids is 2. The average molecular weight is 545 g/mol. The highest BCUT2D eigenvalue weighted by molar-refractivity contribution is 5.94. The van der Waals surface area contributed by atoms with Crippen LogP contribution in [0, 0.1) is 5.92 Å². The van der Waals surface area contributed by atoms with Crippen LogP contribution in [0.1, 0.15) is 65.2 Å². The minimum absolute atomic E-state index is 0.124. The highest BCUT2D eigenvalue weighted by Gasteiger charge is 2.31. The van der Waals surface area contributed by atoms with E-state index in [2.05, 4.69) is 20.9 Å². The highest BCUT2D eigenvalue weighted by Crippen LogP contribution is 2.09. The van der Waals surface area contributed by atoms with Gasteiger partial charge in [-0.15, -0.1) is 0 Å². The Labute approximate surface area is 222 Å². The number of hydrogen-bond acceptors (Lipinski definition) is 8. The maximum absolute atomic E-state index is 13.2. The molecule has 13 N–H and O–H groups in total. The second kappa shape index (κ2) is 18.7. The van der Waals surface area contributed by atoms with Gasteiger partial charge in [0, 0.05) is 13.0 Å². The lowest BCUT2D eigenvalue weighted by atomic mass is 9.98. The number of aliphatic imine (C=N–C) groups is 1. The number of amides is 3. The molecule has 0 saturated heterocycles. The number of carboxylic acid groups (broad SMARTS) is 2. The maximum Gasteiger partial charge on any atom is 0.326 e. The second-order valence-electron chi connectivity index (χ2n) is 9.10. The summed E-state index contributed by atoms with van der Waals surface area (Å²) in [4.78, 5) is 65.0. The lowest BCUT2D eigenvalue weighted by Crippen LogP contribution is -2.57. The number of nitrogens with zero attached hydrogens (tertiary/aromatic N) is 1. The molecule has 0 aromatic carbocycles. The van der Waals surface area contributed by atoms with Gasteiger partial charge in [-0.25, -0.2) is 4.79 Å². The third-order valence-electron chi connectivity index (χ3n) is 5.98. The van der Waals surface area contributed by atoms with Crippen molar-refractivity contribution in [2.24, 2.45) is 33.8 Å². The first-order valence-electron chi connectivity index (χ1n) is 12.7. The van der Waals surface area contributed by atoms with E-state index in [0.717, 1.165) is 0 Å². The van der Waals surface area contributed by atoms with E-state index in [1.807, 2.05) is 6.92 Å². The fraction of sp³-hybridized carbons (Fsp3) is 0.739. The van der Waals surface area contributed by atoms with E-state index in [4.69, 9.17) is 28.0 Å². The molecule has 15 nitrogen and oxygen atoms in total. The summed E-state index contributed by atoms with van der Waals surface area (Å²) in [5.41, 5.74) is 22.2. The average Bonchev–Trinajstić information content (AvgIpc) is 2.85. The molecule has 0 heterocycles. The van der Waals surface area contributed by atoms with Crippen LogP contribution >= 0.6 is 0 Å². The summed E-state index contributed by atoms with van der Waals surface area (Å²) < 4.78 is 0. The molecule has 0 spiro atoms. The fourth-order valence-corrected chi connectivity index (χ4v) is 3.38. The summed E-state index contributed by atoms with van der Waals surface area (Å²) in [6.45, 7) is 4.22. The summed E-state index contributed by atoms with van der Waals surface area (Å²) in [7, 11) is 0. The Hall–Kier alpha value is -3.46. The molecular weight excluding hydrogens is 500 g/mol. The number of carboxylic acids is 2. The molecule has 218 valence electrons. The molecule has 0 fully saturated rings. The minimum atomic E-state index is -1.46. The van der Waals surface area contributed by atoms with Gasteiger partial charge in [0.1, 0.15) is 18.1 Å². The van der Waals surface area contributed by atoms with Crippen molar-refractivity contribution in [3.8, 4) is 0 Å². The van der Waals surface area contributed by atoms with Gasteiger partial charge >= 0.3 is 11.9 Å². The van der Waals surface area contributed by atoms with Crippen LogP contribution in [-0.2, 0) is 24.0 Å². The third-order valence-corrected chi connectivity index (χ3v) is 5.98. The van der Waals surface area contributed by atoms with Crippen LogP contribution in [0.3, 0.4) is 0 Å². The third kappa shape index (κ3) is 14.3. The number of hydrogen-bond donors (Lipinski definition) is 9. The lowest BCUT2D eigenvalue weighted by molar-refractivity contribution is -0.143. The number of unbranched alkanes of at least 4 members (excludes halogenated alkanes) is 1. The zero-order chi connectivity index (χ0) is 29.3. The fourth-order valence-electron chi connectivity index (χ4n) is 3.38. The Balaban J connectivity index is 5.68. The van der Waals surface area contributed by atoms with Gasteiger partial charge in [-0.1, -0.05) is 20.3 Å². The van der Waals surface area contributed by atoms with Crippen molar-refractivity contribution in [2.75, 3.05) is 13.1 Å². The molecule has 0 aliphatic carbocycles. The zero-order valence-corrected chi connectivity index (χ0v) is 22.2. The van der Waals surface area contributed by atoms with Gasteiger partial charge in [0.15, 0.2) is 5.96 Å². The zero-order valence-electron chi connectivity index (χ0n) is 22.2. The molecule has 38 heavy (non-hydrogen) atoms. The summed E-state index contributed by atoms with van der Waals surface area (Å²) in [5.74, 6) is -4.90. The van der Waals surface area contributed by atoms with Crippen LogP contribution in [0.5, 0.6) is 0 Å². The maximum atomic E-state index is 13.2. The van der Waals surface area contributed by atoms with E-state index in [1.54, 1.807) is 6.92 Å². The van der Waals surface area contributed by atoms with Gasteiger partial charge in [-0.3, -0.25) is 24.2 Å². The van der Waals surface area contributed by atoms with Crippen LogP contribution in [-0.4, -0.2) is 83.1 Å². The molecule has 0 bridgehead atoms. The normalized spacial score (nSPS) is 14.7. The Kier molecular flexibility index (Phi) is 17.0. The number of rotatable bonds is 20. The van der Waals surface area contributed by atoms with Crippen molar-refractivity contribution in [1.29, 1.82) is 0 Å². The molecule has 0 aromatic heterocycles. The molecule has 0 aromatic rings. The second-order valence-corrected chi connectivity index (χ2v) is 9.10. The topological polar surface area (TPSA) is 278 Å². The van der Waals surface area contributed by atoms with Crippen molar-refractivity contribution < 1.29 is 34.2 Å². The van der Waals surface area contributed by atoms with Crippen LogP contribution in [0.15, 0.2) is 4.99 Å². The molecule has 0 saturated carbocycles. The molecular formula is C23H44N8O7. The largest absolute Gasteiger partial charge is 0.481 e. The number of nitrogens with two attached hydrogens (primary N) is 4. The number of nitrogens with one attached hydrogen (secondary N) is 3. The van der Waals surface area contributed by atoms with Crippen molar-refractivity contribution >= 4 is 35.6 Å².